The molecular formula is C16H31I. The van der Waals surface area contributed by atoms with Gasteiger partial charge in [-0.2, -0.15) is 0 Å². The number of unbranched alkanes of at least 4 members (excludes halogenated alkanes) is 1. The second-order valence-corrected chi connectivity index (χ2v) is 6.95. The van der Waals surface area contributed by atoms with E-state index in [9.17, 15) is 0 Å². The zero-order valence-corrected chi connectivity index (χ0v) is 14.0. The third-order valence-corrected chi connectivity index (χ3v) is 4.69. The van der Waals surface area contributed by atoms with Crippen molar-refractivity contribution in [1.29, 1.82) is 0 Å². The van der Waals surface area contributed by atoms with Gasteiger partial charge in [0.2, 0.25) is 0 Å². The molecule has 0 bridgehead atoms. The predicted molar refractivity (Wildman–Crippen MR) is 89.0 cm³/mol. The largest absolute Gasteiger partial charge is 0.103 e. The fourth-order valence-corrected chi connectivity index (χ4v) is 3.54. The van der Waals surface area contributed by atoms with Crippen LogP contribution in [0.1, 0.15) is 78.1 Å². The van der Waals surface area contributed by atoms with Crippen molar-refractivity contribution in [2.75, 3.05) is 0 Å². The first-order valence-corrected chi connectivity index (χ1v) is 8.74. The van der Waals surface area contributed by atoms with Gasteiger partial charge in [-0.1, -0.05) is 81.0 Å². The van der Waals surface area contributed by atoms with Crippen LogP contribution < -0.4 is 0 Å². The van der Waals surface area contributed by atoms with Crippen LogP contribution in [0.3, 0.4) is 0 Å². The summed E-state index contributed by atoms with van der Waals surface area (Å²) in [6, 6.07) is 0. The van der Waals surface area contributed by atoms with Crippen LogP contribution in [0.2, 0.25) is 0 Å². The van der Waals surface area contributed by atoms with Gasteiger partial charge in [0.25, 0.3) is 0 Å². The van der Waals surface area contributed by atoms with Gasteiger partial charge in [-0.25, -0.2) is 0 Å². The van der Waals surface area contributed by atoms with Crippen LogP contribution in [0.5, 0.6) is 0 Å². The molecule has 1 heteroatoms. The van der Waals surface area contributed by atoms with Crippen molar-refractivity contribution in [1.82, 2.24) is 0 Å². The van der Waals surface area contributed by atoms with Crippen LogP contribution in [-0.2, 0) is 0 Å². The molecule has 0 aliphatic rings. The van der Waals surface area contributed by atoms with E-state index in [1.165, 1.54) is 64.2 Å². The standard InChI is InChI=1S/C16H31I/c1-4-7-8-12-15(10-5-2)13-9-14-16(17)11-6-3/h4,15-16H,1,5-14H2,2-3H3. The molecule has 0 aliphatic heterocycles. The van der Waals surface area contributed by atoms with Crippen LogP contribution in [0.15, 0.2) is 12.7 Å². The summed E-state index contributed by atoms with van der Waals surface area (Å²) >= 11 is 2.63. The highest BCUT2D eigenvalue weighted by atomic mass is 127. The highest BCUT2D eigenvalue weighted by molar-refractivity contribution is 14.1. The molecule has 2 atom stereocenters. The molecule has 0 heterocycles. The third-order valence-electron chi connectivity index (χ3n) is 3.45. The predicted octanol–water partition coefficient (Wildman–Crippen LogP) is 6.53. The Bertz CT molecular complexity index is 165. The van der Waals surface area contributed by atoms with Crippen LogP contribution in [0.25, 0.3) is 0 Å². The van der Waals surface area contributed by atoms with Gasteiger partial charge >= 0.3 is 0 Å². The first-order chi connectivity index (χ1) is 8.24. The van der Waals surface area contributed by atoms with E-state index < -0.39 is 0 Å². The Balaban J connectivity index is 3.64. The molecule has 0 spiro atoms. The van der Waals surface area contributed by atoms with Gasteiger partial charge in [-0.05, 0) is 31.6 Å². The summed E-state index contributed by atoms with van der Waals surface area (Å²) < 4.78 is 0.910. The van der Waals surface area contributed by atoms with Crippen molar-refractivity contribution in [3.8, 4) is 0 Å². The lowest BCUT2D eigenvalue weighted by atomic mass is 9.91. The second kappa shape index (κ2) is 12.9. The number of hydrogen-bond acceptors (Lipinski definition) is 0. The van der Waals surface area contributed by atoms with Crippen molar-refractivity contribution < 1.29 is 0 Å². The van der Waals surface area contributed by atoms with Crippen LogP contribution in [-0.4, -0.2) is 3.92 Å². The number of rotatable bonds is 12. The van der Waals surface area contributed by atoms with Crippen molar-refractivity contribution in [2.45, 2.75) is 82.0 Å². The number of allylic oxidation sites excluding steroid dienone is 1. The maximum atomic E-state index is 3.81. The van der Waals surface area contributed by atoms with Crippen molar-refractivity contribution >= 4 is 22.6 Å². The quantitative estimate of drug-likeness (QED) is 0.162. The normalized spacial score (nSPS) is 14.5. The fraction of sp³-hybridized carbons (Fsp3) is 0.875. The van der Waals surface area contributed by atoms with Crippen LogP contribution >= 0.6 is 22.6 Å². The first-order valence-electron chi connectivity index (χ1n) is 7.49. The highest BCUT2D eigenvalue weighted by Gasteiger charge is 2.09. The van der Waals surface area contributed by atoms with E-state index in [1.807, 2.05) is 0 Å². The average Bonchev–Trinajstić information content (AvgIpc) is 2.29. The molecule has 0 aliphatic carbocycles. The van der Waals surface area contributed by atoms with Gasteiger partial charge in [-0.15, -0.1) is 6.58 Å². The molecular weight excluding hydrogens is 319 g/mol. The first kappa shape index (κ1) is 17.5. The lowest BCUT2D eigenvalue weighted by Gasteiger charge is -2.16. The minimum absolute atomic E-state index is 0.910. The van der Waals surface area contributed by atoms with Gasteiger partial charge in [0.05, 0.1) is 0 Å². The molecule has 0 N–H and O–H groups in total. The maximum Gasteiger partial charge on any atom is 0.0109 e. The topological polar surface area (TPSA) is 0 Å². The molecule has 0 aromatic heterocycles. The van der Waals surface area contributed by atoms with Crippen molar-refractivity contribution in [2.24, 2.45) is 5.92 Å². The Labute approximate surface area is 123 Å². The molecule has 0 amide bonds. The molecule has 0 aromatic rings. The average molecular weight is 350 g/mol. The van der Waals surface area contributed by atoms with E-state index in [1.54, 1.807) is 0 Å². The number of halogens is 1. The summed E-state index contributed by atoms with van der Waals surface area (Å²) in [5.41, 5.74) is 0. The summed E-state index contributed by atoms with van der Waals surface area (Å²) in [6.45, 7) is 8.42. The Kier molecular flexibility index (Phi) is 13.3. The Morgan fingerprint density at radius 3 is 2.18 bits per heavy atom. The molecule has 2 unspecified atom stereocenters. The zero-order chi connectivity index (χ0) is 12.9. The lowest BCUT2D eigenvalue weighted by molar-refractivity contribution is 0.389. The summed E-state index contributed by atoms with van der Waals surface area (Å²) in [5, 5.41) is 0. The zero-order valence-electron chi connectivity index (χ0n) is 11.9. The van der Waals surface area contributed by atoms with Crippen molar-refractivity contribution in [3.05, 3.63) is 12.7 Å². The van der Waals surface area contributed by atoms with Gasteiger partial charge in [-0.3, -0.25) is 0 Å². The van der Waals surface area contributed by atoms with E-state index >= 15 is 0 Å². The van der Waals surface area contributed by atoms with Gasteiger partial charge < -0.3 is 0 Å². The van der Waals surface area contributed by atoms with E-state index in [0.717, 1.165) is 9.84 Å². The van der Waals surface area contributed by atoms with E-state index in [-0.39, 0.29) is 0 Å². The molecule has 17 heavy (non-hydrogen) atoms. The SMILES string of the molecule is C=CCCCC(CCC)CCCC(I)CCC. The molecule has 0 saturated heterocycles. The number of alkyl halides is 1. The highest BCUT2D eigenvalue weighted by Crippen LogP contribution is 2.24. The molecule has 0 nitrogen and oxygen atoms in total. The molecule has 0 radical (unpaired) electrons. The molecule has 102 valence electrons. The number of hydrogen-bond donors (Lipinski definition) is 0. The second-order valence-electron chi connectivity index (χ2n) is 5.19. The lowest BCUT2D eigenvalue weighted by Crippen LogP contribution is -2.03. The fourth-order valence-electron chi connectivity index (χ4n) is 2.48. The van der Waals surface area contributed by atoms with Gasteiger partial charge in [0.1, 0.15) is 0 Å². The van der Waals surface area contributed by atoms with E-state index in [4.69, 9.17) is 0 Å². The Hall–Kier alpha value is 0.470. The summed E-state index contributed by atoms with van der Waals surface area (Å²) in [4.78, 5) is 0. The van der Waals surface area contributed by atoms with E-state index in [2.05, 4.69) is 49.1 Å². The minimum Gasteiger partial charge on any atom is -0.103 e. The van der Waals surface area contributed by atoms with Crippen LogP contribution in [0.4, 0.5) is 0 Å². The molecule has 0 saturated carbocycles. The Morgan fingerprint density at radius 1 is 0.941 bits per heavy atom. The van der Waals surface area contributed by atoms with Crippen molar-refractivity contribution in [3.63, 3.8) is 0 Å². The molecule has 0 fully saturated rings. The van der Waals surface area contributed by atoms with E-state index in [0.29, 0.717) is 0 Å². The summed E-state index contributed by atoms with van der Waals surface area (Å²) in [7, 11) is 0. The summed E-state index contributed by atoms with van der Waals surface area (Å²) in [6.07, 6.45) is 15.8. The smallest absolute Gasteiger partial charge is 0.0109 e. The third kappa shape index (κ3) is 11.3. The van der Waals surface area contributed by atoms with Crippen LogP contribution in [0, 0.1) is 5.92 Å². The minimum atomic E-state index is 0.910. The monoisotopic (exact) mass is 350 g/mol. The Morgan fingerprint density at radius 2 is 1.59 bits per heavy atom. The molecule has 0 rings (SSSR count). The summed E-state index contributed by atoms with van der Waals surface area (Å²) in [5.74, 6) is 0.977. The maximum absolute atomic E-state index is 3.81. The van der Waals surface area contributed by atoms with Gasteiger partial charge in [0, 0.05) is 3.92 Å². The molecule has 0 aromatic carbocycles. The van der Waals surface area contributed by atoms with Gasteiger partial charge in [0.15, 0.2) is 0 Å².